The van der Waals surface area contributed by atoms with E-state index in [1.165, 1.54) is 0 Å². The molecule has 6 aromatic rings. The minimum Gasteiger partial charge on any atom is -0.494 e. The minimum atomic E-state index is 0.112. The summed E-state index contributed by atoms with van der Waals surface area (Å²) in [5.74, 6) is 0.112. The molecule has 34 heavy (non-hydrogen) atoms. The summed E-state index contributed by atoms with van der Waals surface area (Å²) in [5.41, 5.74) is 5.73. The van der Waals surface area contributed by atoms with Gasteiger partial charge < -0.3 is 10.1 Å². The first-order valence-corrected chi connectivity index (χ1v) is 10.9. The van der Waals surface area contributed by atoms with Crippen molar-refractivity contribution in [3.63, 3.8) is 0 Å². The lowest BCUT2D eigenvalue weighted by atomic mass is 10.1. The molecule has 6 rings (SSSR count). The predicted molar refractivity (Wildman–Crippen MR) is 131 cm³/mol. The Kier molecular flexibility index (Phi) is 4.85. The largest absolute Gasteiger partial charge is 0.494 e. The van der Waals surface area contributed by atoms with E-state index in [2.05, 4.69) is 15.1 Å². The molecular weight excluding hydrogens is 424 g/mol. The van der Waals surface area contributed by atoms with Crippen LogP contribution >= 0.6 is 0 Å². The van der Waals surface area contributed by atoms with Crippen molar-refractivity contribution in [3.05, 3.63) is 113 Å². The molecular formula is C27H20N6O. The van der Waals surface area contributed by atoms with Gasteiger partial charge in [-0.15, -0.1) is 0 Å². The van der Waals surface area contributed by atoms with Gasteiger partial charge in [-0.3, -0.25) is 9.98 Å². The zero-order chi connectivity index (χ0) is 22.9. The minimum absolute atomic E-state index is 0.112. The highest BCUT2D eigenvalue weighted by molar-refractivity contribution is 5.92. The van der Waals surface area contributed by atoms with Crippen molar-refractivity contribution in [2.45, 2.75) is 6.54 Å². The number of rotatable bonds is 4. The first-order chi connectivity index (χ1) is 16.8. The normalized spacial score (nSPS) is 12.7. The molecule has 0 aliphatic rings. The Bertz CT molecular complexity index is 1740. The van der Waals surface area contributed by atoms with Crippen LogP contribution in [0.2, 0.25) is 0 Å². The van der Waals surface area contributed by atoms with Crippen LogP contribution in [0.25, 0.3) is 33.9 Å². The van der Waals surface area contributed by atoms with E-state index >= 15 is 0 Å². The Hall–Kier alpha value is -4.78. The zero-order valence-corrected chi connectivity index (χ0v) is 18.1. The van der Waals surface area contributed by atoms with Crippen LogP contribution in [0.4, 0.5) is 0 Å². The van der Waals surface area contributed by atoms with Gasteiger partial charge in [0.15, 0.2) is 17.0 Å². The van der Waals surface area contributed by atoms with E-state index in [1.807, 2.05) is 85.1 Å². The van der Waals surface area contributed by atoms with Crippen molar-refractivity contribution in [2.24, 2.45) is 4.99 Å². The molecule has 4 heterocycles. The van der Waals surface area contributed by atoms with Crippen LogP contribution in [0.5, 0.6) is 5.88 Å². The highest BCUT2D eigenvalue weighted by Gasteiger charge is 2.11. The van der Waals surface area contributed by atoms with Crippen LogP contribution in [0.15, 0.2) is 96.4 Å². The van der Waals surface area contributed by atoms with Gasteiger partial charge in [0.2, 0.25) is 0 Å². The third kappa shape index (κ3) is 3.59. The van der Waals surface area contributed by atoms with Gasteiger partial charge >= 0.3 is 0 Å². The second kappa shape index (κ2) is 8.29. The molecule has 0 saturated carbocycles. The molecule has 7 nitrogen and oxygen atoms in total. The number of aromatic hydroxyl groups is 1. The van der Waals surface area contributed by atoms with E-state index in [9.17, 15) is 5.11 Å². The average molecular weight is 444 g/mol. The van der Waals surface area contributed by atoms with Crippen LogP contribution in [-0.2, 0) is 6.54 Å². The Morgan fingerprint density at radius 1 is 0.971 bits per heavy atom. The van der Waals surface area contributed by atoms with Gasteiger partial charge in [-0.05, 0) is 23.8 Å². The Morgan fingerprint density at radius 2 is 1.82 bits per heavy atom. The highest BCUT2D eigenvalue weighted by Crippen LogP contribution is 2.27. The summed E-state index contributed by atoms with van der Waals surface area (Å²) in [6.45, 7) is 0.476. The van der Waals surface area contributed by atoms with Gasteiger partial charge in [0.25, 0.3) is 0 Å². The number of fused-ring (bicyclic) bond motifs is 2. The van der Waals surface area contributed by atoms with Gasteiger partial charge in [0.05, 0.1) is 18.4 Å². The fraction of sp³-hybridized carbons (Fsp3) is 0.0370. The number of para-hydroxylation sites is 1. The van der Waals surface area contributed by atoms with Crippen molar-refractivity contribution >= 4 is 22.6 Å². The summed E-state index contributed by atoms with van der Waals surface area (Å²) in [6, 6.07) is 23.6. The molecule has 0 atom stereocenters. The predicted octanol–water partition coefficient (Wildman–Crippen LogP) is 3.63. The van der Waals surface area contributed by atoms with E-state index in [0.29, 0.717) is 23.2 Å². The molecule has 0 aliphatic heterocycles. The van der Waals surface area contributed by atoms with E-state index in [1.54, 1.807) is 16.9 Å². The lowest BCUT2D eigenvalue weighted by Gasteiger charge is -2.03. The number of nitrogens with one attached hydrogen (secondary N) is 1. The van der Waals surface area contributed by atoms with Crippen molar-refractivity contribution < 1.29 is 5.11 Å². The fourth-order valence-electron chi connectivity index (χ4n) is 4.05. The highest BCUT2D eigenvalue weighted by atomic mass is 16.3. The number of benzene rings is 2. The maximum absolute atomic E-state index is 10.5. The fourth-order valence-corrected chi connectivity index (χ4v) is 4.05. The Morgan fingerprint density at radius 3 is 2.68 bits per heavy atom. The SMILES string of the molecule is Oc1[nH]c2ccccc2c1C=c1cnn2c(=NCc3cccnc3)cc(-c3ccccc3)nc12. The summed E-state index contributed by atoms with van der Waals surface area (Å²) < 4.78 is 1.74. The second-order valence-corrected chi connectivity index (χ2v) is 7.96. The van der Waals surface area contributed by atoms with Gasteiger partial charge in [-0.25, -0.2) is 4.98 Å². The lowest BCUT2D eigenvalue weighted by molar-refractivity contribution is 0.457. The number of aromatic nitrogens is 5. The summed E-state index contributed by atoms with van der Waals surface area (Å²) >= 11 is 0. The van der Waals surface area contributed by atoms with Crippen LogP contribution in [0, 0.1) is 0 Å². The number of nitrogens with zero attached hydrogens (tertiary/aromatic N) is 5. The summed E-state index contributed by atoms with van der Waals surface area (Å²) in [6.07, 6.45) is 7.21. The molecule has 4 aromatic heterocycles. The van der Waals surface area contributed by atoms with Crippen LogP contribution in [-0.4, -0.2) is 29.7 Å². The number of hydrogen-bond donors (Lipinski definition) is 2. The van der Waals surface area contributed by atoms with Crippen molar-refractivity contribution in [2.75, 3.05) is 0 Å². The van der Waals surface area contributed by atoms with E-state index in [0.717, 1.165) is 32.9 Å². The molecule has 0 aliphatic carbocycles. The van der Waals surface area contributed by atoms with Crippen molar-refractivity contribution in [3.8, 4) is 17.1 Å². The summed E-state index contributed by atoms with van der Waals surface area (Å²) in [7, 11) is 0. The van der Waals surface area contributed by atoms with Gasteiger partial charge in [-0.1, -0.05) is 54.6 Å². The molecule has 0 saturated heterocycles. The first-order valence-electron chi connectivity index (χ1n) is 10.9. The molecule has 7 heteroatoms. The maximum atomic E-state index is 10.5. The van der Waals surface area contributed by atoms with E-state index in [-0.39, 0.29) is 5.88 Å². The average Bonchev–Trinajstić information content (AvgIpc) is 3.44. The summed E-state index contributed by atoms with van der Waals surface area (Å²) in [5, 5.41) is 16.8. The van der Waals surface area contributed by atoms with Gasteiger partial charge in [0.1, 0.15) is 0 Å². The first kappa shape index (κ1) is 19.9. The van der Waals surface area contributed by atoms with Crippen LogP contribution < -0.4 is 10.7 Å². The Labute approximate surface area is 194 Å². The molecule has 2 aromatic carbocycles. The monoisotopic (exact) mass is 444 g/mol. The van der Waals surface area contributed by atoms with Crippen molar-refractivity contribution in [1.29, 1.82) is 0 Å². The Balaban J connectivity index is 1.59. The molecule has 164 valence electrons. The lowest BCUT2D eigenvalue weighted by Crippen LogP contribution is -2.19. The van der Waals surface area contributed by atoms with Gasteiger partial charge in [0, 0.05) is 45.7 Å². The molecule has 0 unspecified atom stereocenters. The van der Waals surface area contributed by atoms with Gasteiger partial charge in [-0.2, -0.15) is 9.61 Å². The number of pyridine rings is 1. The van der Waals surface area contributed by atoms with Crippen LogP contribution in [0.1, 0.15) is 11.1 Å². The maximum Gasteiger partial charge on any atom is 0.196 e. The third-order valence-corrected chi connectivity index (χ3v) is 5.72. The standard InChI is InChI=1S/C27H20N6O/c34-27-22(21-10-4-5-11-23(21)32-27)13-20-17-30-33-25(29-16-18-7-6-12-28-15-18)14-24(31-26(20)33)19-8-2-1-3-9-19/h1-15,17,32,34H,16H2. The second-order valence-electron chi connectivity index (χ2n) is 7.96. The summed E-state index contributed by atoms with van der Waals surface area (Å²) in [4.78, 5) is 16.9. The molecule has 0 radical (unpaired) electrons. The molecule has 0 spiro atoms. The quantitative estimate of drug-likeness (QED) is 0.434. The van der Waals surface area contributed by atoms with E-state index < -0.39 is 0 Å². The smallest absolute Gasteiger partial charge is 0.196 e. The molecule has 2 N–H and O–H groups in total. The third-order valence-electron chi connectivity index (χ3n) is 5.72. The van der Waals surface area contributed by atoms with E-state index in [4.69, 9.17) is 9.98 Å². The molecule has 0 amide bonds. The number of hydrogen-bond acceptors (Lipinski definition) is 5. The number of H-pyrrole nitrogens is 1. The molecule has 0 fully saturated rings. The molecule has 0 bridgehead atoms. The number of aromatic amines is 1. The topological polar surface area (TPSA) is 91.5 Å². The van der Waals surface area contributed by atoms with Crippen molar-refractivity contribution in [1.82, 2.24) is 24.6 Å². The van der Waals surface area contributed by atoms with Crippen LogP contribution in [0.3, 0.4) is 0 Å². The zero-order valence-electron chi connectivity index (χ0n) is 18.1.